The van der Waals surface area contributed by atoms with Crippen LogP contribution >= 0.6 is 0 Å². The van der Waals surface area contributed by atoms with Crippen LogP contribution in [0.15, 0.2) is 24.3 Å². The Morgan fingerprint density at radius 2 is 2.00 bits per heavy atom. The summed E-state index contributed by atoms with van der Waals surface area (Å²) in [7, 11) is 5.01. The first-order valence-electron chi connectivity index (χ1n) is 5.90. The van der Waals surface area contributed by atoms with Crippen molar-refractivity contribution in [3.05, 3.63) is 29.8 Å². The van der Waals surface area contributed by atoms with E-state index in [1.54, 1.807) is 21.3 Å². The molecule has 0 atom stereocenters. The number of hydrogen-bond acceptors (Lipinski definition) is 4. The highest BCUT2D eigenvalue weighted by Gasteiger charge is 2.01. The molecule has 0 unspecified atom stereocenters. The molecule has 0 fully saturated rings. The van der Waals surface area contributed by atoms with Gasteiger partial charge in [-0.1, -0.05) is 12.2 Å². The Bertz CT molecular complexity index is 377. The molecule has 0 heterocycles. The van der Waals surface area contributed by atoms with Gasteiger partial charge >= 0.3 is 0 Å². The fourth-order valence-electron chi connectivity index (χ4n) is 1.52. The second-order valence-electron chi connectivity index (χ2n) is 3.71. The zero-order valence-electron chi connectivity index (χ0n) is 11.2. The molecule has 4 nitrogen and oxygen atoms in total. The summed E-state index contributed by atoms with van der Waals surface area (Å²) in [4.78, 5) is 0. The summed E-state index contributed by atoms with van der Waals surface area (Å²) in [6, 6.07) is 5.73. The van der Waals surface area contributed by atoms with Crippen LogP contribution in [-0.2, 0) is 4.74 Å². The molecule has 0 aliphatic heterocycles. The van der Waals surface area contributed by atoms with Gasteiger partial charge in [0.15, 0.2) is 0 Å². The molecule has 0 spiro atoms. The molecular formula is C14H21NO3. The van der Waals surface area contributed by atoms with Gasteiger partial charge in [-0.25, -0.2) is 0 Å². The van der Waals surface area contributed by atoms with Crippen LogP contribution in [0.3, 0.4) is 0 Å². The second-order valence-corrected chi connectivity index (χ2v) is 3.71. The highest BCUT2D eigenvalue weighted by Crippen LogP contribution is 2.24. The molecule has 1 aromatic carbocycles. The quantitative estimate of drug-likeness (QED) is 0.717. The van der Waals surface area contributed by atoms with Crippen LogP contribution < -0.4 is 14.8 Å². The van der Waals surface area contributed by atoms with E-state index >= 15 is 0 Å². The molecule has 4 heteroatoms. The number of benzene rings is 1. The molecule has 0 aliphatic rings. The smallest absolute Gasteiger partial charge is 0.126 e. The molecule has 0 aliphatic carbocycles. The van der Waals surface area contributed by atoms with Crippen molar-refractivity contribution in [1.82, 2.24) is 5.32 Å². The van der Waals surface area contributed by atoms with Crippen molar-refractivity contribution in [2.24, 2.45) is 0 Å². The minimum Gasteiger partial charge on any atom is -0.497 e. The summed E-state index contributed by atoms with van der Waals surface area (Å²) in [6.45, 7) is 2.36. The predicted octanol–water partition coefficient (Wildman–Crippen LogP) is 1.95. The van der Waals surface area contributed by atoms with E-state index in [4.69, 9.17) is 14.2 Å². The number of nitrogens with one attached hydrogen (secondary N) is 1. The van der Waals surface area contributed by atoms with E-state index in [1.807, 2.05) is 30.4 Å². The highest BCUT2D eigenvalue weighted by atomic mass is 16.5. The second kappa shape index (κ2) is 8.55. The molecule has 0 saturated carbocycles. The summed E-state index contributed by atoms with van der Waals surface area (Å²) in [5, 5.41) is 3.24. The Morgan fingerprint density at radius 3 is 2.67 bits per heavy atom. The SMILES string of the molecule is COCCNCC=Cc1cc(OC)ccc1OC. The van der Waals surface area contributed by atoms with Crippen molar-refractivity contribution in [3.8, 4) is 11.5 Å². The van der Waals surface area contributed by atoms with E-state index in [0.717, 1.165) is 36.8 Å². The molecular weight excluding hydrogens is 230 g/mol. The van der Waals surface area contributed by atoms with Gasteiger partial charge in [-0.3, -0.25) is 0 Å². The molecule has 0 amide bonds. The first-order valence-corrected chi connectivity index (χ1v) is 5.90. The van der Waals surface area contributed by atoms with Crippen LogP contribution in [-0.4, -0.2) is 41.0 Å². The Labute approximate surface area is 109 Å². The average molecular weight is 251 g/mol. The maximum atomic E-state index is 5.29. The summed E-state index contributed by atoms with van der Waals surface area (Å²) in [5.74, 6) is 1.66. The molecule has 0 saturated heterocycles. The summed E-state index contributed by atoms with van der Waals surface area (Å²) >= 11 is 0. The molecule has 0 bridgehead atoms. The van der Waals surface area contributed by atoms with Crippen LogP contribution in [0.4, 0.5) is 0 Å². The van der Waals surface area contributed by atoms with Crippen LogP contribution in [0.1, 0.15) is 5.56 Å². The van der Waals surface area contributed by atoms with Gasteiger partial charge in [-0.2, -0.15) is 0 Å². The normalized spacial score (nSPS) is 10.8. The van der Waals surface area contributed by atoms with Gasteiger partial charge in [0, 0.05) is 25.8 Å². The monoisotopic (exact) mass is 251 g/mol. The maximum absolute atomic E-state index is 5.29. The van der Waals surface area contributed by atoms with E-state index < -0.39 is 0 Å². The molecule has 0 radical (unpaired) electrons. The van der Waals surface area contributed by atoms with Crippen molar-refractivity contribution >= 4 is 6.08 Å². The van der Waals surface area contributed by atoms with E-state index in [9.17, 15) is 0 Å². The fraction of sp³-hybridized carbons (Fsp3) is 0.429. The standard InChI is InChI=1S/C14H21NO3/c1-16-10-9-15-8-4-5-12-11-13(17-2)6-7-14(12)18-3/h4-7,11,15H,8-10H2,1-3H3. The molecule has 18 heavy (non-hydrogen) atoms. The first kappa shape index (κ1) is 14.5. The van der Waals surface area contributed by atoms with Crippen LogP contribution in [0, 0.1) is 0 Å². The lowest BCUT2D eigenvalue weighted by molar-refractivity contribution is 0.200. The van der Waals surface area contributed by atoms with E-state index in [-0.39, 0.29) is 0 Å². The van der Waals surface area contributed by atoms with Gasteiger partial charge in [0.05, 0.1) is 20.8 Å². The largest absolute Gasteiger partial charge is 0.497 e. The Morgan fingerprint density at radius 1 is 1.17 bits per heavy atom. The van der Waals surface area contributed by atoms with E-state index in [0.29, 0.717) is 0 Å². The van der Waals surface area contributed by atoms with Crippen molar-refractivity contribution < 1.29 is 14.2 Å². The third-order valence-electron chi connectivity index (χ3n) is 2.48. The zero-order valence-corrected chi connectivity index (χ0v) is 11.2. The topological polar surface area (TPSA) is 39.7 Å². The third kappa shape index (κ3) is 4.77. The molecule has 1 N–H and O–H groups in total. The van der Waals surface area contributed by atoms with E-state index in [2.05, 4.69) is 5.32 Å². The van der Waals surface area contributed by atoms with Crippen LogP contribution in [0.5, 0.6) is 11.5 Å². The number of methoxy groups -OCH3 is 3. The summed E-state index contributed by atoms with van der Waals surface area (Å²) in [6.07, 6.45) is 4.06. The minimum absolute atomic E-state index is 0.719. The summed E-state index contributed by atoms with van der Waals surface area (Å²) < 4.78 is 15.4. The van der Waals surface area contributed by atoms with Gasteiger partial charge in [-0.15, -0.1) is 0 Å². The fourth-order valence-corrected chi connectivity index (χ4v) is 1.52. The lowest BCUT2D eigenvalue weighted by Gasteiger charge is -2.07. The van der Waals surface area contributed by atoms with Crippen LogP contribution in [0.25, 0.3) is 6.08 Å². The molecule has 1 rings (SSSR count). The van der Waals surface area contributed by atoms with Gasteiger partial charge < -0.3 is 19.5 Å². The Hall–Kier alpha value is -1.52. The molecule has 0 aromatic heterocycles. The zero-order chi connectivity index (χ0) is 13.2. The summed E-state index contributed by atoms with van der Waals surface area (Å²) in [5.41, 5.74) is 1.00. The van der Waals surface area contributed by atoms with Crippen molar-refractivity contribution in [2.75, 3.05) is 41.0 Å². The van der Waals surface area contributed by atoms with Crippen molar-refractivity contribution in [1.29, 1.82) is 0 Å². The lowest BCUT2D eigenvalue weighted by atomic mass is 10.1. The predicted molar refractivity (Wildman–Crippen MR) is 73.3 cm³/mol. The number of ether oxygens (including phenoxy) is 3. The maximum Gasteiger partial charge on any atom is 0.126 e. The van der Waals surface area contributed by atoms with Crippen LogP contribution in [0.2, 0.25) is 0 Å². The van der Waals surface area contributed by atoms with Gasteiger partial charge in [-0.05, 0) is 18.2 Å². The third-order valence-corrected chi connectivity index (χ3v) is 2.48. The Kier molecular flexibility index (Phi) is 6.91. The van der Waals surface area contributed by atoms with Crippen molar-refractivity contribution in [2.45, 2.75) is 0 Å². The molecule has 100 valence electrons. The first-order chi connectivity index (χ1) is 8.81. The lowest BCUT2D eigenvalue weighted by Crippen LogP contribution is -2.18. The van der Waals surface area contributed by atoms with Crippen molar-refractivity contribution in [3.63, 3.8) is 0 Å². The number of rotatable bonds is 8. The van der Waals surface area contributed by atoms with E-state index in [1.165, 1.54) is 0 Å². The minimum atomic E-state index is 0.719. The average Bonchev–Trinajstić information content (AvgIpc) is 2.42. The number of hydrogen-bond donors (Lipinski definition) is 1. The van der Waals surface area contributed by atoms with Gasteiger partial charge in [0.2, 0.25) is 0 Å². The van der Waals surface area contributed by atoms with Gasteiger partial charge in [0.25, 0.3) is 0 Å². The van der Waals surface area contributed by atoms with Gasteiger partial charge in [0.1, 0.15) is 11.5 Å². The Balaban J connectivity index is 2.55. The highest BCUT2D eigenvalue weighted by molar-refractivity contribution is 5.59. The molecule has 1 aromatic rings.